The Kier molecular flexibility index (Phi) is 4.13. The third-order valence-corrected chi connectivity index (χ3v) is 7.25. The summed E-state index contributed by atoms with van der Waals surface area (Å²) in [5.41, 5.74) is -1.12. The van der Waals surface area contributed by atoms with Crippen LogP contribution in [-0.4, -0.2) is 22.6 Å². The number of esters is 1. The summed E-state index contributed by atoms with van der Waals surface area (Å²) in [5, 5.41) is 11.6. The number of Topliss-reactive ketones (excluding diaryl/α,β-unsaturated/α-hetero) is 2. The molecule has 5 heteroatoms. The molecule has 4 rings (SSSR count). The highest BCUT2D eigenvalue weighted by atomic mass is 16.5. The predicted molar refractivity (Wildman–Crippen MR) is 103 cm³/mol. The maximum absolute atomic E-state index is 13.0. The zero-order chi connectivity index (χ0) is 20.5. The van der Waals surface area contributed by atoms with E-state index >= 15 is 0 Å². The van der Waals surface area contributed by atoms with E-state index in [0.717, 1.165) is 6.42 Å². The first-order valence-corrected chi connectivity index (χ1v) is 10.1. The SMILES string of the molecule is CC(C)(C)C(=O)Oc1ccc2c(c1)C(=O)C[C@H]1[C@@H]3CCC(=O)[C@@]3(C)CC[C@]21O. The van der Waals surface area contributed by atoms with Crippen molar-refractivity contribution in [1.82, 2.24) is 0 Å². The Hall–Kier alpha value is -2.01. The molecule has 3 aliphatic carbocycles. The number of fused-ring (bicyclic) bond motifs is 5. The lowest BCUT2D eigenvalue weighted by Gasteiger charge is -2.52. The molecular formula is C23H28O5. The Morgan fingerprint density at radius 2 is 1.89 bits per heavy atom. The minimum atomic E-state index is -1.11. The van der Waals surface area contributed by atoms with Crippen molar-refractivity contribution < 1.29 is 24.2 Å². The molecule has 0 saturated heterocycles. The lowest BCUT2D eigenvalue weighted by atomic mass is 9.53. The largest absolute Gasteiger partial charge is 0.426 e. The third kappa shape index (κ3) is 2.66. The van der Waals surface area contributed by atoms with E-state index in [4.69, 9.17) is 4.74 Å². The highest BCUT2D eigenvalue weighted by molar-refractivity contribution is 6.00. The number of carbonyl (C=O) groups is 3. The molecule has 1 N–H and O–H groups in total. The molecule has 4 atom stereocenters. The molecule has 2 saturated carbocycles. The van der Waals surface area contributed by atoms with Crippen LogP contribution in [0.4, 0.5) is 0 Å². The van der Waals surface area contributed by atoms with Gasteiger partial charge in [-0.2, -0.15) is 0 Å². The summed E-state index contributed by atoms with van der Waals surface area (Å²) < 4.78 is 5.44. The third-order valence-electron chi connectivity index (χ3n) is 7.25. The van der Waals surface area contributed by atoms with Gasteiger partial charge in [0.15, 0.2) is 5.78 Å². The zero-order valence-corrected chi connectivity index (χ0v) is 17.0. The molecule has 1 aromatic carbocycles. The predicted octanol–water partition coefficient (Wildman–Crippen LogP) is 3.81. The molecule has 5 nitrogen and oxygen atoms in total. The molecule has 1 aromatic rings. The van der Waals surface area contributed by atoms with E-state index in [1.807, 2.05) is 6.92 Å². The smallest absolute Gasteiger partial charge is 0.316 e. The fourth-order valence-electron chi connectivity index (χ4n) is 5.45. The number of rotatable bonds is 1. The van der Waals surface area contributed by atoms with E-state index < -0.39 is 16.4 Å². The highest BCUT2D eigenvalue weighted by Gasteiger charge is 2.61. The minimum absolute atomic E-state index is 0.0363. The van der Waals surface area contributed by atoms with Gasteiger partial charge in [0, 0.05) is 29.7 Å². The van der Waals surface area contributed by atoms with Gasteiger partial charge in [0.1, 0.15) is 11.5 Å². The van der Waals surface area contributed by atoms with Gasteiger partial charge in [0.2, 0.25) is 0 Å². The van der Waals surface area contributed by atoms with Gasteiger partial charge in [0.25, 0.3) is 0 Å². The summed E-state index contributed by atoms with van der Waals surface area (Å²) >= 11 is 0. The molecule has 2 fully saturated rings. The fourth-order valence-corrected chi connectivity index (χ4v) is 5.45. The van der Waals surface area contributed by atoms with Gasteiger partial charge < -0.3 is 9.84 Å². The second-order valence-electron chi connectivity index (χ2n) is 9.99. The van der Waals surface area contributed by atoms with Gasteiger partial charge in [-0.15, -0.1) is 0 Å². The van der Waals surface area contributed by atoms with Crippen molar-refractivity contribution in [1.29, 1.82) is 0 Å². The van der Waals surface area contributed by atoms with Gasteiger partial charge in [-0.25, -0.2) is 0 Å². The van der Waals surface area contributed by atoms with Crippen molar-refractivity contribution in [2.45, 2.75) is 65.4 Å². The Bertz CT molecular complexity index is 879. The number of hydrogen-bond acceptors (Lipinski definition) is 5. The van der Waals surface area contributed by atoms with Crippen LogP contribution in [0.15, 0.2) is 18.2 Å². The molecule has 0 unspecified atom stereocenters. The molecule has 28 heavy (non-hydrogen) atoms. The van der Waals surface area contributed by atoms with Crippen molar-refractivity contribution in [2.75, 3.05) is 0 Å². The lowest BCUT2D eigenvalue weighted by Crippen LogP contribution is -2.53. The van der Waals surface area contributed by atoms with Gasteiger partial charge in [-0.1, -0.05) is 13.0 Å². The second kappa shape index (κ2) is 5.99. The summed E-state index contributed by atoms with van der Waals surface area (Å²) in [7, 11) is 0. The first kappa shape index (κ1) is 19.3. The van der Waals surface area contributed by atoms with Crippen LogP contribution >= 0.6 is 0 Å². The summed E-state index contributed by atoms with van der Waals surface area (Å²) in [6.45, 7) is 7.32. The summed E-state index contributed by atoms with van der Waals surface area (Å²) in [6, 6.07) is 4.97. The fraction of sp³-hybridized carbons (Fsp3) is 0.609. The molecular weight excluding hydrogens is 356 g/mol. The van der Waals surface area contributed by atoms with Crippen LogP contribution in [0.1, 0.15) is 75.7 Å². The molecule has 150 valence electrons. The molecule has 0 heterocycles. The van der Waals surface area contributed by atoms with E-state index in [1.165, 1.54) is 0 Å². The van der Waals surface area contributed by atoms with E-state index in [9.17, 15) is 19.5 Å². The molecule has 0 radical (unpaired) electrons. The summed E-state index contributed by atoms with van der Waals surface area (Å²) in [6.07, 6.45) is 2.62. The Balaban J connectivity index is 1.70. The monoisotopic (exact) mass is 384 g/mol. The molecule has 0 amide bonds. The topological polar surface area (TPSA) is 80.7 Å². The maximum Gasteiger partial charge on any atom is 0.316 e. The lowest BCUT2D eigenvalue weighted by molar-refractivity contribution is -0.144. The number of ether oxygens (including phenoxy) is 1. The van der Waals surface area contributed by atoms with Gasteiger partial charge >= 0.3 is 5.97 Å². The number of ketones is 2. The van der Waals surface area contributed by atoms with Gasteiger partial charge in [0.05, 0.1) is 11.0 Å². The van der Waals surface area contributed by atoms with Crippen LogP contribution < -0.4 is 4.74 Å². The van der Waals surface area contributed by atoms with Crippen LogP contribution in [0.5, 0.6) is 5.75 Å². The van der Waals surface area contributed by atoms with E-state index in [1.54, 1.807) is 39.0 Å². The summed E-state index contributed by atoms with van der Waals surface area (Å²) in [4.78, 5) is 37.6. The van der Waals surface area contributed by atoms with Crippen molar-refractivity contribution in [2.24, 2.45) is 22.7 Å². The molecule has 3 aliphatic rings. The maximum atomic E-state index is 13.0. The van der Waals surface area contributed by atoms with Gasteiger partial charge in [-0.3, -0.25) is 14.4 Å². The average Bonchev–Trinajstić information content (AvgIpc) is 2.91. The Labute approximate surface area is 165 Å². The van der Waals surface area contributed by atoms with Crippen molar-refractivity contribution in [3.05, 3.63) is 29.3 Å². The first-order chi connectivity index (χ1) is 13.0. The number of carbonyl (C=O) groups excluding carboxylic acids is 3. The summed E-state index contributed by atoms with van der Waals surface area (Å²) in [5.74, 6) is -0.0324. The zero-order valence-electron chi connectivity index (χ0n) is 17.0. The normalized spacial score (nSPS) is 34.5. The van der Waals surface area contributed by atoms with Crippen LogP contribution in [0.2, 0.25) is 0 Å². The van der Waals surface area contributed by atoms with Crippen LogP contribution in [0, 0.1) is 22.7 Å². The number of aliphatic hydroxyl groups is 1. The van der Waals surface area contributed by atoms with Crippen LogP contribution in [0.25, 0.3) is 0 Å². The molecule has 0 bridgehead atoms. The minimum Gasteiger partial charge on any atom is -0.426 e. The standard InChI is InChI=1S/C23H28O5/c1-21(2,3)20(26)28-13-5-6-15-14(11-13)18(24)12-17-16-7-8-19(25)22(16,4)9-10-23(15,17)27/h5-6,11,16-17,27H,7-10,12H2,1-4H3/t16-,17-,22-,23-/m0/s1. The highest BCUT2D eigenvalue weighted by Crippen LogP contribution is 2.61. The molecule has 0 aliphatic heterocycles. The van der Waals surface area contributed by atoms with Gasteiger partial charge in [-0.05, 0) is 63.6 Å². The van der Waals surface area contributed by atoms with Crippen LogP contribution in [0.3, 0.4) is 0 Å². The first-order valence-electron chi connectivity index (χ1n) is 10.1. The second-order valence-corrected chi connectivity index (χ2v) is 9.99. The average molecular weight is 384 g/mol. The Morgan fingerprint density at radius 3 is 2.57 bits per heavy atom. The molecule has 0 aromatic heterocycles. The number of hydrogen-bond donors (Lipinski definition) is 1. The van der Waals surface area contributed by atoms with Crippen molar-refractivity contribution >= 4 is 17.5 Å². The van der Waals surface area contributed by atoms with Crippen LogP contribution in [-0.2, 0) is 15.2 Å². The van der Waals surface area contributed by atoms with Crippen molar-refractivity contribution in [3.8, 4) is 5.75 Å². The Morgan fingerprint density at radius 1 is 1.18 bits per heavy atom. The van der Waals surface area contributed by atoms with E-state index in [0.29, 0.717) is 36.1 Å². The van der Waals surface area contributed by atoms with Crippen molar-refractivity contribution in [3.63, 3.8) is 0 Å². The van der Waals surface area contributed by atoms with E-state index in [-0.39, 0.29) is 35.8 Å². The van der Waals surface area contributed by atoms with E-state index in [2.05, 4.69) is 0 Å². The quantitative estimate of drug-likeness (QED) is 0.588. The number of benzene rings is 1. The molecule has 0 spiro atoms.